The number of nitrogens with zero attached hydrogens (tertiary/aromatic N) is 2. The highest BCUT2D eigenvalue weighted by atomic mass is 14.9. The van der Waals surface area contributed by atoms with E-state index in [2.05, 4.69) is 16.4 Å². The molecule has 1 aliphatic carbocycles. The number of rotatable bonds is 5. The largest absolute Gasteiger partial charge is 0.385 e. The van der Waals surface area contributed by atoms with Gasteiger partial charge < -0.3 is 5.32 Å². The van der Waals surface area contributed by atoms with Crippen LogP contribution in [-0.2, 0) is 0 Å². The summed E-state index contributed by atoms with van der Waals surface area (Å²) in [7, 11) is 0. The zero-order chi connectivity index (χ0) is 11.9. The summed E-state index contributed by atoms with van der Waals surface area (Å²) in [4.78, 5) is 3.95. The molecular formula is C14H19N3. The minimum Gasteiger partial charge on any atom is -0.385 e. The van der Waals surface area contributed by atoms with E-state index in [1.807, 2.05) is 6.07 Å². The number of nitriles is 1. The molecule has 1 aliphatic rings. The molecule has 0 aromatic carbocycles. The van der Waals surface area contributed by atoms with E-state index in [1.54, 1.807) is 12.3 Å². The van der Waals surface area contributed by atoms with Crippen molar-refractivity contribution in [3.05, 3.63) is 24.0 Å². The van der Waals surface area contributed by atoms with E-state index in [0.717, 1.165) is 18.2 Å². The van der Waals surface area contributed by atoms with Gasteiger partial charge >= 0.3 is 0 Å². The second kappa shape index (κ2) is 6.24. The molecule has 17 heavy (non-hydrogen) atoms. The SMILES string of the molecule is N#Cc1cc(NCCCC2CCCC2)ccn1. The zero-order valence-electron chi connectivity index (χ0n) is 10.2. The second-order valence-corrected chi connectivity index (χ2v) is 4.76. The number of aromatic nitrogens is 1. The summed E-state index contributed by atoms with van der Waals surface area (Å²) in [6.07, 6.45) is 9.93. The smallest absolute Gasteiger partial charge is 0.142 e. The third kappa shape index (κ3) is 3.74. The number of hydrogen-bond donors (Lipinski definition) is 1. The first-order valence-electron chi connectivity index (χ1n) is 6.48. The van der Waals surface area contributed by atoms with Crippen LogP contribution in [0.4, 0.5) is 5.69 Å². The lowest BCUT2D eigenvalue weighted by Crippen LogP contribution is -2.04. The monoisotopic (exact) mass is 229 g/mol. The number of hydrogen-bond acceptors (Lipinski definition) is 3. The predicted molar refractivity (Wildman–Crippen MR) is 68.6 cm³/mol. The molecule has 0 unspecified atom stereocenters. The molecule has 90 valence electrons. The van der Waals surface area contributed by atoms with Crippen LogP contribution in [-0.4, -0.2) is 11.5 Å². The molecular weight excluding hydrogens is 210 g/mol. The number of nitrogens with one attached hydrogen (secondary N) is 1. The Labute approximate surface area is 103 Å². The van der Waals surface area contributed by atoms with Crippen LogP contribution in [0.2, 0.25) is 0 Å². The molecule has 0 atom stereocenters. The summed E-state index contributed by atoms with van der Waals surface area (Å²) in [6.45, 7) is 0.991. The highest BCUT2D eigenvalue weighted by molar-refractivity contribution is 5.45. The van der Waals surface area contributed by atoms with Gasteiger partial charge in [0, 0.05) is 18.4 Å². The van der Waals surface area contributed by atoms with Gasteiger partial charge in [-0.1, -0.05) is 25.7 Å². The van der Waals surface area contributed by atoms with Crippen LogP contribution >= 0.6 is 0 Å². The summed E-state index contributed by atoms with van der Waals surface area (Å²) in [5.41, 5.74) is 1.48. The predicted octanol–water partition coefficient (Wildman–Crippen LogP) is 3.34. The van der Waals surface area contributed by atoms with E-state index in [-0.39, 0.29) is 0 Å². The van der Waals surface area contributed by atoms with Crippen molar-refractivity contribution in [1.82, 2.24) is 4.98 Å². The van der Waals surface area contributed by atoms with Crippen molar-refractivity contribution in [3.63, 3.8) is 0 Å². The number of pyridine rings is 1. The standard InChI is InChI=1S/C14H19N3/c15-11-14-10-13(7-9-17-14)16-8-3-6-12-4-1-2-5-12/h7,9-10,12H,1-6,8H2,(H,16,17). The van der Waals surface area contributed by atoms with Crippen LogP contribution in [0.1, 0.15) is 44.2 Å². The summed E-state index contributed by atoms with van der Waals surface area (Å²) in [6, 6.07) is 5.77. The van der Waals surface area contributed by atoms with Crippen LogP contribution in [0.5, 0.6) is 0 Å². The Hall–Kier alpha value is -1.56. The Bertz CT molecular complexity index is 389. The molecule has 3 heteroatoms. The lowest BCUT2D eigenvalue weighted by atomic mass is 10.0. The molecule has 0 radical (unpaired) electrons. The van der Waals surface area contributed by atoms with Crippen molar-refractivity contribution in [2.75, 3.05) is 11.9 Å². The van der Waals surface area contributed by atoms with Gasteiger partial charge in [-0.2, -0.15) is 5.26 Å². The first-order valence-corrected chi connectivity index (χ1v) is 6.48. The van der Waals surface area contributed by atoms with Crippen molar-refractivity contribution >= 4 is 5.69 Å². The molecule has 0 spiro atoms. The quantitative estimate of drug-likeness (QED) is 0.788. The van der Waals surface area contributed by atoms with Gasteiger partial charge in [0.2, 0.25) is 0 Å². The lowest BCUT2D eigenvalue weighted by Gasteiger charge is -2.10. The Morgan fingerprint density at radius 1 is 1.41 bits per heavy atom. The van der Waals surface area contributed by atoms with Crippen molar-refractivity contribution in [2.45, 2.75) is 38.5 Å². The molecule has 1 N–H and O–H groups in total. The second-order valence-electron chi connectivity index (χ2n) is 4.76. The van der Waals surface area contributed by atoms with Crippen LogP contribution in [0.3, 0.4) is 0 Å². The van der Waals surface area contributed by atoms with Gasteiger partial charge in [0.25, 0.3) is 0 Å². The Morgan fingerprint density at radius 2 is 2.24 bits per heavy atom. The Balaban J connectivity index is 1.68. The topological polar surface area (TPSA) is 48.7 Å². The normalized spacial score (nSPS) is 15.7. The molecule has 3 nitrogen and oxygen atoms in total. The summed E-state index contributed by atoms with van der Waals surface area (Å²) in [5.74, 6) is 0.962. The molecule has 0 bridgehead atoms. The van der Waals surface area contributed by atoms with E-state index in [1.165, 1.54) is 38.5 Å². The van der Waals surface area contributed by atoms with Gasteiger partial charge in [-0.05, 0) is 30.9 Å². The molecule has 1 fully saturated rings. The summed E-state index contributed by atoms with van der Waals surface area (Å²) in [5, 5.41) is 12.1. The van der Waals surface area contributed by atoms with Gasteiger partial charge in [0.1, 0.15) is 11.8 Å². The van der Waals surface area contributed by atoms with Gasteiger partial charge in [-0.3, -0.25) is 0 Å². The minimum absolute atomic E-state index is 0.478. The minimum atomic E-state index is 0.478. The molecule has 0 saturated heterocycles. The highest BCUT2D eigenvalue weighted by Gasteiger charge is 2.13. The maximum absolute atomic E-state index is 8.74. The molecule has 2 rings (SSSR count). The van der Waals surface area contributed by atoms with Gasteiger partial charge in [0.15, 0.2) is 0 Å². The van der Waals surface area contributed by atoms with Crippen LogP contribution in [0, 0.1) is 17.2 Å². The molecule has 0 amide bonds. The average molecular weight is 229 g/mol. The number of anilines is 1. The maximum atomic E-state index is 8.74. The van der Waals surface area contributed by atoms with E-state index in [9.17, 15) is 0 Å². The fraction of sp³-hybridized carbons (Fsp3) is 0.571. The van der Waals surface area contributed by atoms with Crippen molar-refractivity contribution < 1.29 is 0 Å². The lowest BCUT2D eigenvalue weighted by molar-refractivity contribution is 0.491. The first-order chi connectivity index (χ1) is 8.38. The fourth-order valence-corrected chi connectivity index (χ4v) is 2.52. The van der Waals surface area contributed by atoms with E-state index < -0.39 is 0 Å². The maximum Gasteiger partial charge on any atom is 0.142 e. The van der Waals surface area contributed by atoms with Crippen molar-refractivity contribution in [3.8, 4) is 6.07 Å². The van der Waals surface area contributed by atoms with Crippen molar-refractivity contribution in [1.29, 1.82) is 5.26 Å². The molecule has 1 aromatic heterocycles. The van der Waals surface area contributed by atoms with E-state index >= 15 is 0 Å². The Kier molecular flexibility index (Phi) is 4.37. The third-order valence-corrected chi connectivity index (χ3v) is 3.47. The van der Waals surface area contributed by atoms with Crippen LogP contribution in [0.15, 0.2) is 18.3 Å². The van der Waals surface area contributed by atoms with Gasteiger partial charge in [-0.15, -0.1) is 0 Å². The summed E-state index contributed by atoms with van der Waals surface area (Å²) >= 11 is 0. The molecule has 1 saturated carbocycles. The molecule has 1 aromatic rings. The zero-order valence-corrected chi connectivity index (χ0v) is 10.2. The van der Waals surface area contributed by atoms with E-state index in [0.29, 0.717) is 5.69 Å². The third-order valence-electron chi connectivity index (χ3n) is 3.47. The molecule has 1 heterocycles. The summed E-state index contributed by atoms with van der Waals surface area (Å²) < 4.78 is 0. The Morgan fingerprint density at radius 3 is 3.00 bits per heavy atom. The average Bonchev–Trinajstić information content (AvgIpc) is 2.88. The van der Waals surface area contributed by atoms with Crippen molar-refractivity contribution in [2.24, 2.45) is 5.92 Å². The fourth-order valence-electron chi connectivity index (χ4n) is 2.52. The molecule has 0 aliphatic heterocycles. The van der Waals surface area contributed by atoms with Gasteiger partial charge in [0.05, 0.1) is 0 Å². The first kappa shape index (κ1) is 11.9. The highest BCUT2D eigenvalue weighted by Crippen LogP contribution is 2.28. The van der Waals surface area contributed by atoms with Crippen LogP contribution < -0.4 is 5.32 Å². The van der Waals surface area contributed by atoms with Gasteiger partial charge in [-0.25, -0.2) is 4.98 Å². The van der Waals surface area contributed by atoms with Crippen LogP contribution in [0.25, 0.3) is 0 Å². The van der Waals surface area contributed by atoms with E-state index in [4.69, 9.17) is 5.26 Å².